The predicted molar refractivity (Wildman–Crippen MR) is 96.4 cm³/mol. The first-order valence-electron chi connectivity index (χ1n) is 8.09. The number of Topliss-reactive ketones (excluding diaryl/α,β-unsaturated/α-hetero) is 1. The number of nitrogens with one attached hydrogen (secondary N) is 1. The van der Waals surface area contributed by atoms with Crippen molar-refractivity contribution in [2.75, 3.05) is 11.9 Å². The van der Waals surface area contributed by atoms with Gasteiger partial charge in [-0.05, 0) is 26.0 Å². The number of ketones is 1. The zero-order chi connectivity index (χ0) is 23.3. The van der Waals surface area contributed by atoms with Gasteiger partial charge in [-0.25, -0.2) is 14.0 Å². The quantitative estimate of drug-likeness (QED) is 0.279. The predicted octanol–water partition coefficient (Wildman–Crippen LogP) is 3.60. The van der Waals surface area contributed by atoms with Crippen LogP contribution < -0.4 is 5.32 Å². The molecule has 1 aromatic rings. The van der Waals surface area contributed by atoms with Gasteiger partial charge in [0.25, 0.3) is 0 Å². The first kappa shape index (κ1) is 25.1. The molecule has 0 atom stereocenters. The molecule has 0 heterocycles. The molecule has 0 saturated carbocycles. The van der Waals surface area contributed by atoms with E-state index in [1.165, 1.54) is 19.9 Å². The summed E-state index contributed by atoms with van der Waals surface area (Å²) in [7, 11) is 0. The molecule has 1 rings (SSSR count). The maximum atomic E-state index is 14.0. The highest BCUT2D eigenvalue weighted by molar-refractivity contribution is 6.33. The summed E-state index contributed by atoms with van der Waals surface area (Å²) in [5, 5.41) is 1.28. The largest absolute Gasteiger partial charge is 0.459 e. The molecule has 0 radical (unpaired) electrons. The molecule has 0 spiro atoms. The minimum absolute atomic E-state index is 0.149. The Morgan fingerprint density at radius 2 is 1.80 bits per heavy atom. The van der Waals surface area contributed by atoms with E-state index in [0.717, 1.165) is 0 Å². The molecule has 7 nitrogen and oxygen atoms in total. The van der Waals surface area contributed by atoms with Crippen LogP contribution in [0.5, 0.6) is 0 Å². The molecule has 0 bridgehead atoms. The van der Waals surface area contributed by atoms with Crippen molar-refractivity contribution in [1.29, 1.82) is 0 Å². The maximum absolute atomic E-state index is 14.0. The number of alkyl halides is 3. The van der Waals surface area contributed by atoms with Gasteiger partial charge in [0, 0.05) is 0 Å². The molecule has 12 heteroatoms. The van der Waals surface area contributed by atoms with Crippen LogP contribution in [0.15, 0.2) is 24.8 Å². The summed E-state index contributed by atoms with van der Waals surface area (Å²) in [5.41, 5.74) is -3.00. The molecule has 0 aliphatic heterocycles. The van der Waals surface area contributed by atoms with Gasteiger partial charge in [-0.2, -0.15) is 13.2 Å². The van der Waals surface area contributed by atoms with Gasteiger partial charge in [-0.3, -0.25) is 9.59 Å². The van der Waals surface area contributed by atoms with Crippen LogP contribution in [0.4, 0.5) is 23.2 Å². The highest BCUT2D eigenvalue weighted by Gasteiger charge is 2.39. The van der Waals surface area contributed by atoms with Crippen LogP contribution in [0.25, 0.3) is 0 Å². The van der Waals surface area contributed by atoms with Crippen molar-refractivity contribution < 1.29 is 46.2 Å². The Bertz CT molecular complexity index is 882. The third kappa shape index (κ3) is 6.83. The SMILES string of the molecule is C=CCOC(=O)C(C)(C)OC(=O)c1cc(NC(=O)CC(=O)C(F)(F)F)c(F)cc1Cl. The molecule has 1 N–H and O–H groups in total. The lowest BCUT2D eigenvalue weighted by Crippen LogP contribution is -2.39. The summed E-state index contributed by atoms with van der Waals surface area (Å²) in [4.78, 5) is 46.7. The number of hydrogen-bond donors (Lipinski definition) is 1. The van der Waals surface area contributed by atoms with Gasteiger partial charge in [0.15, 0.2) is 0 Å². The number of anilines is 1. The number of rotatable bonds is 8. The minimum Gasteiger partial charge on any atom is -0.459 e. The Hall–Kier alpha value is -2.95. The minimum atomic E-state index is -5.24. The number of benzene rings is 1. The maximum Gasteiger partial charge on any atom is 0.450 e. The third-order valence-corrected chi connectivity index (χ3v) is 3.67. The van der Waals surface area contributed by atoms with Gasteiger partial charge in [0.1, 0.15) is 12.4 Å². The first-order chi connectivity index (χ1) is 13.7. The van der Waals surface area contributed by atoms with Gasteiger partial charge in [-0.1, -0.05) is 24.3 Å². The molecule has 0 aliphatic rings. The molecule has 1 aromatic carbocycles. The van der Waals surface area contributed by atoms with Crippen LogP contribution in [0.1, 0.15) is 30.6 Å². The molecule has 0 aromatic heterocycles. The second-order valence-electron chi connectivity index (χ2n) is 6.24. The third-order valence-electron chi connectivity index (χ3n) is 3.36. The van der Waals surface area contributed by atoms with Crippen molar-refractivity contribution in [1.82, 2.24) is 0 Å². The fourth-order valence-corrected chi connectivity index (χ4v) is 2.11. The molecule has 1 amide bonds. The molecule has 0 fully saturated rings. The molecular formula is C18H16ClF4NO6. The summed E-state index contributed by atoms with van der Waals surface area (Å²) in [5.74, 6) is -7.12. The highest BCUT2D eigenvalue weighted by atomic mass is 35.5. The zero-order valence-electron chi connectivity index (χ0n) is 15.7. The molecule has 0 aliphatic carbocycles. The Morgan fingerprint density at radius 3 is 2.33 bits per heavy atom. The van der Waals surface area contributed by atoms with E-state index in [9.17, 15) is 36.7 Å². The number of esters is 2. The van der Waals surface area contributed by atoms with Crippen LogP contribution in [-0.4, -0.2) is 42.0 Å². The van der Waals surface area contributed by atoms with Crippen molar-refractivity contribution in [3.63, 3.8) is 0 Å². The van der Waals surface area contributed by atoms with Crippen molar-refractivity contribution in [3.8, 4) is 0 Å². The van der Waals surface area contributed by atoms with Crippen LogP contribution in [0, 0.1) is 5.82 Å². The smallest absolute Gasteiger partial charge is 0.450 e. The number of hydrogen-bond acceptors (Lipinski definition) is 6. The van der Waals surface area contributed by atoms with E-state index in [1.807, 2.05) is 0 Å². The Kier molecular flexibility index (Phi) is 8.11. The molecule has 30 heavy (non-hydrogen) atoms. The van der Waals surface area contributed by atoms with Crippen molar-refractivity contribution in [2.24, 2.45) is 0 Å². The number of carbonyl (C=O) groups is 4. The van der Waals surface area contributed by atoms with E-state index >= 15 is 0 Å². The molecule has 0 saturated heterocycles. The van der Waals surface area contributed by atoms with E-state index < -0.39 is 63.9 Å². The Labute approximate surface area is 173 Å². The summed E-state index contributed by atoms with van der Waals surface area (Å²) in [6.45, 7) is 5.62. The van der Waals surface area contributed by atoms with Gasteiger partial charge in [0.2, 0.25) is 17.3 Å². The van der Waals surface area contributed by atoms with Gasteiger partial charge in [-0.15, -0.1) is 0 Å². The van der Waals surface area contributed by atoms with Crippen molar-refractivity contribution in [2.45, 2.75) is 32.0 Å². The van der Waals surface area contributed by atoms with Crippen molar-refractivity contribution >= 4 is 40.9 Å². The number of ether oxygens (including phenoxy) is 2. The topological polar surface area (TPSA) is 98.8 Å². The van der Waals surface area contributed by atoms with Crippen LogP contribution >= 0.6 is 11.6 Å². The second-order valence-corrected chi connectivity index (χ2v) is 6.65. The molecule has 164 valence electrons. The fourth-order valence-electron chi connectivity index (χ4n) is 1.88. The van der Waals surface area contributed by atoms with Gasteiger partial charge >= 0.3 is 18.1 Å². The highest BCUT2D eigenvalue weighted by Crippen LogP contribution is 2.27. The lowest BCUT2D eigenvalue weighted by atomic mass is 10.1. The van der Waals surface area contributed by atoms with Gasteiger partial charge < -0.3 is 14.8 Å². The summed E-state index contributed by atoms with van der Waals surface area (Å²) in [6.07, 6.45) is -5.55. The zero-order valence-corrected chi connectivity index (χ0v) is 16.4. The average molecular weight is 454 g/mol. The van der Waals surface area contributed by atoms with Crippen LogP contribution in [0.3, 0.4) is 0 Å². The second kappa shape index (κ2) is 9.70. The van der Waals surface area contributed by atoms with Crippen molar-refractivity contribution in [3.05, 3.63) is 41.2 Å². The number of carbonyl (C=O) groups excluding carboxylic acids is 4. The summed E-state index contributed by atoms with van der Waals surface area (Å²) in [6, 6.07) is 1.30. The van der Waals surface area contributed by atoms with E-state index in [4.69, 9.17) is 21.1 Å². The van der Waals surface area contributed by atoms with E-state index in [1.54, 1.807) is 5.32 Å². The Morgan fingerprint density at radius 1 is 1.20 bits per heavy atom. The summed E-state index contributed by atoms with van der Waals surface area (Å²) >= 11 is 5.78. The lowest BCUT2D eigenvalue weighted by Gasteiger charge is -2.23. The summed E-state index contributed by atoms with van der Waals surface area (Å²) < 4.78 is 60.4. The van der Waals surface area contributed by atoms with Crippen LogP contribution in [0.2, 0.25) is 5.02 Å². The van der Waals surface area contributed by atoms with E-state index in [2.05, 4.69) is 6.58 Å². The van der Waals surface area contributed by atoms with E-state index in [-0.39, 0.29) is 6.61 Å². The lowest BCUT2D eigenvalue weighted by molar-refractivity contribution is -0.171. The monoisotopic (exact) mass is 453 g/mol. The average Bonchev–Trinajstić information content (AvgIpc) is 2.60. The van der Waals surface area contributed by atoms with E-state index in [0.29, 0.717) is 12.1 Å². The molecular weight excluding hydrogens is 438 g/mol. The molecule has 0 unspecified atom stereocenters. The Balaban J connectivity index is 3.03. The first-order valence-corrected chi connectivity index (χ1v) is 8.47. The number of halogens is 5. The normalized spacial score (nSPS) is 11.4. The van der Waals surface area contributed by atoms with Crippen LogP contribution in [-0.2, 0) is 23.9 Å². The standard InChI is InChI=1S/C18H16ClF4NO6/c1-4-5-29-16(28)17(2,3)30-15(27)9-6-12(11(20)7-10(9)19)24-14(26)8-13(25)18(21,22)23/h4,6-7H,1,5,8H2,2-3H3,(H,24,26). The fraction of sp³-hybridized carbons (Fsp3) is 0.333. The van der Waals surface area contributed by atoms with Gasteiger partial charge in [0.05, 0.1) is 22.7 Å². The number of amides is 1.